The number of carbonyl (C=O) groups is 1. The zero-order valence-electron chi connectivity index (χ0n) is 12.0. The lowest BCUT2D eigenvalue weighted by Gasteiger charge is -2.17. The highest BCUT2D eigenvalue weighted by Gasteiger charge is 2.07. The van der Waals surface area contributed by atoms with E-state index in [1.807, 2.05) is 18.2 Å². The van der Waals surface area contributed by atoms with Crippen LogP contribution in [0.4, 0.5) is 0 Å². The predicted molar refractivity (Wildman–Crippen MR) is 82.5 cm³/mol. The number of carbonyl (C=O) groups excluding carboxylic acids is 1. The van der Waals surface area contributed by atoms with Gasteiger partial charge in [0.2, 0.25) is 0 Å². The molecule has 0 saturated heterocycles. The molecular formula is C13H18N4O3S. The van der Waals surface area contributed by atoms with Crippen LogP contribution in [-0.2, 0) is 14.3 Å². The number of pyridine rings is 1. The van der Waals surface area contributed by atoms with Gasteiger partial charge < -0.3 is 15.2 Å². The van der Waals surface area contributed by atoms with Gasteiger partial charge in [-0.1, -0.05) is 6.07 Å². The number of esters is 1. The highest BCUT2D eigenvalue weighted by Crippen LogP contribution is 2.00. The lowest BCUT2D eigenvalue weighted by molar-refractivity contribution is -0.142. The summed E-state index contributed by atoms with van der Waals surface area (Å²) in [6, 6.07) is 5.51. The van der Waals surface area contributed by atoms with Crippen LogP contribution in [0.5, 0.6) is 0 Å². The summed E-state index contributed by atoms with van der Waals surface area (Å²) in [5, 5.41) is 5.69. The first kappa shape index (κ1) is 17.0. The fourth-order valence-corrected chi connectivity index (χ4v) is 1.44. The SMILES string of the molecule is CC(=O)OCCOCN(/N=C(\C)c1ccccn1)C(N)=S. The van der Waals surface area contributed by atoms with Crippen molar-refractivity contribution < 1.29 is 14.3 Å². The summed E-state index contributed by atoms with van der Waals surface area (Å²) < 4.78 is 10.0. The molecule has 2 N–H and O–H groups in total. The van der Waals surface area contributed by atoms with Crippen LogP contribution in [0.1, 0.15) is 19.5 Å². The van der Waals surface area contributed by atoms with Gasteiger partial charge in [0.1, 0.15) is 13.3 Å². The monoisotopic (exact) mass is 310 g/mol. The van der Waals surface area contributed by atoms with Gasteiger partial charge in [-0.15, -0.1) is 0 Å². The summed E-state index contributed by atoms with van der Waals surface area (Å²) in [5.41, 5.74) is 6.97. The molecule has 0 aliphatic rings. The smallest absolute Gasteiger partial charge is 0.302 e. The molecule has 1 aromatic heterocycles. The van der Waals surface area contributed by atoms with Crippen molar-refractivity contribution in [3.05, 3.63) is 30.1 Å². The van der Waals surface area contributed by atoms with Crippen LogP contribution in [-0.4, -0.2) is 46.7 Å². The molecule has 7 nitrogen and oxygen atoms in total. The van der Waals surface area contributed by atoms with Crippen molar-refractivity contribution in [3.63, 3.8) is 0 Å². The Morgan fingerprint density at radius 1 is 1.43 bits per heavy atom. The molecule has 8 heteroatoms. The van der Waals surface area contributed by atoms with Gasteiger partial charge in [-0.2, -0.15) is 5.10 Å². The third kappa shape index (κ3) is 6.77. The number of hydrogen-bond donors (Lipinski definition) is 1. The number of nitrogens with zero attached hydrogens (tertiary/aromatic N) is 3. The number of thiocarbonyl (C=S) groups is 1. The van der Waals surface area contributed by atoms with Crippen LogP contribution in [0, 0.1) is 0 Å². The number of hydrogen-bond acceptors (Lipinski definition) is 6. The summed E-state index contributed by atoms with van der Waals surface area (Å²) in [4.78, 5) is 14.8. The predicted octanol–water partition coefficient (Wildman–Crippen LogP) is 0.888. The minimum atomic E-state index is -0.353. The highest BCUT2D eigenvalue weighted by molar-refractivity contribution is 7.80. The minimum absolute atomic E-state index is 0.0702. The van der Waals surface area contributed by atoms with E-state index in [9.17, 15) is 4.79 Å². The number of rotatable bonds is 7. The van der Waals surface area contributed by atoms with Gasteiger partial charge in [-0.05, 0) is 31.3 Å². The summed E-state index contributed by atoms with van der Waals surface area (Å²) in [7, 11) is 0. The van der Waals surface area contributed by atoms with Gasteiger partial charge in [0, 0.05) is 13.1 Å². The van der Waals surface area contributed by atoms with Crippen molar-refractivity contribution in [1.82, 2.24) is 9.99 Å². The minimum Gasteiger partial charge on any atom is -0.463 e. The molecule has 0 saturated carbocycles. The average molecular weight is 310 g/mol. The Balaban J connectivity index is 2.54. The summed E-state index contributed by atoms with van der Waals surface area (Å²) in [6.07, 6.45) is 1.68. The van der Waals surface area contributed by atoms with Crippen LogP contribution in [0.25, 0.3) is 0 Å². The van der Waals surface area contributed by atoms with Crippen molar-refractivity contribution >= 4 is 29.0 Å². The first-order valence-corrected chi connectivity index (χ1v) is 6.66. The van der Waals surface area contributed by atoms with E-state index in [2.05, 4.69) is 10.1 Å². The molecule has 0 spiro atoms. The second-order valence-corrected chi connectivity index (χ2v) is 4.43. The Hall–Kier alpha value is -2.06. The van der Waals surface area contributed by atoms with Crippen LogP contribution in [0.3, 0.4) is 0 Å². The Bertz CT molecular complexity index is 507. The second-order valence-electron chi connectivity index (χ2n) is 4.02. The average Bonchev–Trinajstić information content (AvgIpc) is 2.45. The van der Waals surface area contributed by atoms with E-state index in [1.54, 1.807) is 13.1 Å². The van der Waals surface area contributed by atoms with Crippen molar-refractivity contribution in [2.24, 2.45) is 10.8 Å². The van der Waals surface area contributed by atoms with Gasteiger partial charge in [0.05, 0.1) is 18.0 Å². The molecule has 0 unspecified atom stereocenters. The van der Waals surface area contributed by atoms with E-state index in [0.29, 0.717) is 5.71 Å². The van der Waals surface area contributed by atoms with Gasteiger partial charge in [-0.3, -0.25) is 9.78 Å². The van der Waals surface area contributed by atoms with Crippen LogP contribution in [0.2, 0.25) is 0 Å². The maximum absolute atomic E-state index is 10.6. The first-order chi connectivity index (χ1) is 10.0. The van der Waals surface area contributed by atoms with Gasteiger partial charge in [-0.25, -0.2) is 5.01 Å². The molecule has 0 bridgehead atoms. The van der Waals surface area contributed by atoms with Crippen molar-refractivity contribution in [2.75, 3.05) is 19.9 Å². The fraction of sp³-hybridized carbons (Fsp3) is 0.385. The largest absolute Gasteiger partial charge is 0.463 e. The second kappa shape index (κ2) is 8.98. The molecule has 0 aromatic carbocycles. The fourth-order valence-electron chi connectivity index (χ4n) is 1.35. The summed E-state index contributed by atoms with van der Waals surface area (Å²) in [6.45, 7) is 3.61. The summed E-state index contributed by atoms with van der Waals surface area (Å²) in [5.74, 6) is -0.353. The first-order valence-electron chi connectivity index (χ1n) is 6.25. The maximum Gasteiger partial charge on any atom is 0.302 e. The van der Waals surface area contributed by atoms with E-state index in [0.717, 1.165) is 5.69 Å². The zero-order chi connectivity index (χ0) is 15.7. The lowest BCUT2D eigenvalue weighted by Crippen LogP contribution is -2.34. The third-order valence-electron chi connectivity index (χ3n) is 2.31. The molecule has 1 heterocycles. The van der Waals surface area contributed by atoms with Gasteiger partial charge >= 0.3 is 5.97 Å². The molecule has 0 aliphatic heterocycles. The number of aromatic nitrogens is 1. The van der Waals surface area contributed by atoms with E-state index in [-0.39, 0.29) is 31.0 Å². The number of nitrogens with two attached hydrogens (primary N) is 1. The third-order valence-corrected chi connectivity index (χ3v) is 2.52. The zero-order valence-corrected chi connectivity index (χ0v) is 12.8. The molecule has 0 atom stereocenters. The van der Waals surface area contributed by atoms with Crippen molar-refractivity contribution in [3.8, 4) is 0 Å². The van der Waals surface area contributed by atoms with E-state index in [4.69, 9.17) is 27.4 Å². The van der Waals surface area contributed by atoms with E-state index in [1.165, 1.54) is 11.9 Å². The van der Waals surface area contributed by atoms with Crippen molar-refractivity contribution in [1.29, 1.82) is 0 Å². The Labute approximate surface area is 128 Å². The van der Waals surface area contributed by atoms with Crippen LogP contribution >= 0.6 is 12.2 Å². The number of ether oxygens (including phenoxy) is 2. The standard InChI is InChI=1S/C13H18N4O3S/c1-10(12-5-3-4-6-15-12)16-17(13(14)21)9-19-7-8-20-11(2)18/h3-6H,7-9H2,1-2H3,(H2,14,21)/b16-10+. The Morgan fingerprint density at radius 2 is 2.19 bits per heavy atom. The van der Waals surface area contributed by atoms with E-state index >= 15 is 0 Å². The summed E-state index contributed by atoms with van der Waals surface area (Å²) >= 11 is 4.92. The molecule has 21 heavy (non-hydrogen) atoms. The van der Waals surface area contributed by atoms with Gasteiger partial charge in [0.25, 0.3) is 0 Å². The molecule has 1 rings (SSSR count). The quantitative estimate of drug-likeness (QED) is 0.200. The van der Waals surface area contributed by atoms with E-state index < -0.39 is 0 Å². The maximum atomic E-state index is 10.6. The molecule has 1 aromatic rings. The highest BCUT2D eigenvalue weighted by atomic mass is 32.1. The van der Waals surface area contributed by atoms with Crippen LogP contribution < -0.4 is 5.73 Å². The molecule has 0 aliphatic carbocycles. The molecule has 0 radical (unpaired) electrons. The molecular weight excluding hydrogens is 292 g/mol. The lowest BCUT2D eigenvalue weighted by atomic mass is 10.3. The Morgan fingerprint density at radius 3 is 2.76 bits per heavy atom. The topological polar surface area (TPSA) is 90.0 Å². The van der Waals surface area contributed by atoms with Crippen LogP contribution in [0.15, 0.2) is 29.5 Å². The Kier molecular flexibility index (Phi) is 7.27. The molecule has 0 amide bonds. The van der Waals surface area contributed by atoms with Gasteiger partial charge in [0.15, 0.2) is 5.11 Å². The molecule has 0 fully saturated rings. The molecule has 114 valence electrons. The normalized spacial score (nSPS) is 11.0. The number of hydrazone groups is 1. The van der Waals surface area contributed by atoms with Crippen molar-refractivity contribution in [2.45, 2.75) is 13.8 Å².